The van der Waals surface area contributed by atoms with Crippen LogP contribution in [-0.2, 0) is 11.3 Å². The smallest absolute Gasteiger partial charge is 0.251 e. The zero-order valence-corrected chi connectivity index (χ0v) is 7.88. The van der Waals surface area contributed by atoms with Gasteiger partial charge in [-0.3, -0.25) is 19.1 Å². The molecule has 0 fully saturated rings. The molecule has 5 nitrogen and oxygen atoms in total. The molecule has 0 bridgehead atoms. The van der Waals surface area contributed by atoms with Crippen LogP contribution in [0.5, 0.6) is 0 Å². The highest BCUT2D eigenvalue weighted by Gasteiger charge is 2.04. The predicted octanol–water partition coefficient (Wildman–Crippen LogP) is -0.118. The number of fused-ring (bicyclic) bond motifs is 1. The summed E-state index contributed by atoms with van der Waals surface area (Å²) < 4.78 is 1.33. The van der Waals surface area contributed by atoms with E-state index in [1.165, 1.54) is 10.6 Å². The zero-order valence-electron chi connectivity index (χ0n) is 7.88. The minimum Gasteiger partial charge on any atom is -0.368 e. The van der Waals surface area contributed by atoms with E-state index < -0.39 is 5.91 Å². The Morgan fingerprint density at radius 3 is 2.93 bits per heavy atom. The summed E-state index contributed by atoms with van der Waals surface area (Å²) in [5.74, 6) is -0.540. The maximum absolute atomic E-state index is 11.5. The summed E-state index contributed by atoms with van der Waals surface area (Å²) in [6.45, 7) is -0.111. The normalized spacial score (nSPS) is 10.4. The molecule has 0 aliphatic carbocycles. The largest absolute Gasteiger partial charge is 0.368 e. The third-order valence-electron chi connectivity index (χ3n) is 2.10. The molecule has 0 saturated heterocycles. The molecule has 2 heterocycles. The van der Waals surface area contributed by atoms with Crippen LogP contribution in [-0.4, -0.2) is 15.5 Å². The molecule has 0 aliphatic rings. The summed E-state index contributed by atoms with van der Waals surface area (Å²) >= 11 is 0. The van der Waals surface area contributed by atoms with E-state index in [0.717, 1.165) is 5.39 Å². The number of hydrogen-bond acceptors (Lipinski definition) is 3. The number of carbonyl (C=O) groups is 1. The van der Waals surface area contributed by atoms with Crippen LogP contribution in [0.15, 0.2) is 35.4 Å². The maximum atomic E-state index is 11.5. The molecule has 5 heteroatoms. The Labute approximate surface area is 85.2 Å². The van der Waals surface area contributed by atoms with E-state index in [1.807, 2.05) is 0 Å². The molecule has 2 aromatic heterocycles. The fourth-order valence-electron chi connectivity index (χ4n) is 1.46. The van der Waals surface area contributed by atoms with Gasteiger partial charge in [0.05, 0.1) is 5.52 Å². The molecule has 0 saturated carbocycles. The van der Waals surface area contributed by atoms with Crippen molar-refractivity contribution in [1.82, 2.24) is 9.55 Å². The first-order chi connectivity index (χ1) is 7.18. The summed E-state index contributed by atoms with van der Waals surface area (Å²) in [6.07, 6.45) is 3.20. The molecule has 1 amide bonds. The van der Waals surface area contributed by atoms with Crippen molar-refractivity contribution in [1.29, 1.82) is 0 Å². The van der Waals surface area contributed by atoms with Crippen LogP contribution in [0.25, 0.3) is 10.9 Å². The van der Waals surface area contributed by atoms with E-state index in [-0.39, 0.29) is 12.1 Å². The molecule has 0 spiro atoms. The lowest BCUT2D eigenvalue weighted by Crippen LogP contribution is -2.27. The van der Waals surface area contributed by atoms with Crippen molar-refractivity contribution < 1.29 is 4.79 Å². The molecule has 15 heavy (non-hydrogen) atoms. The van der Waals surface area contributed by atoms with Gasteiger partial charge in [0.15, 0.2) is 0 Å². The average Bonchev–Trinajstić information content (AvgIpc) is 2.22. The minimum atomic E-state index is -0.540. The zero-order chi connectivity index (χ0) is 10.8. The van der Waals surface area contributed by atoms with Gasteiger partial charge < -0.3 is 5.73 Å². The lowest BCUT2D eigenvalue weighted by Gasteiger charge is -2.06. The van der Waals surface area contributed by atoms with Gasteiger partial charge >= 0.3 is 0 Å². The Hall–Kier alpha value is -2.17. The van der Waals surface area contributed by atoms with Gasteiger partial charge in [0, 0.05) is 23.8 Å². The Balaban J connectivity index is 2.74. The van der Waals surface area contributed by atoms with Crippen LogP contribution in [0.3, 0.4) is 0 Å². The summed E-state index contributed by atoms with van der Waals surface area (Å²) in [5.41, 5.74) is 5.49. The Morgan fingerprint density at radius 2 is 2.20 bits per heavy atom. The highest BCUT2D eigenvalue weighted by molar-refractivity contribution is 5.80. The van der Waals surface area contributed by atoms with Crippen LogP contribution in [0, 0.1) is 0 Å². The van der Waals surface area contributed by atoms with Crippen molar-refractivity contribution in [3.05, 3.63) is 40.9 Å². The SMILES string of the molecule is NC(=O)Cn1c(=O)ccc2cnccc21. The minimum absolute atomic E-state index is 0.111. The monoisotopic (exact) mass is 203 g/mol. The highest BCUT2D eigenvalue weighted by Crippen LogP contribution is 2.08. The summed E-state index contributed by atoms with van der Waals surface area (Å²) in [5, 5.41) is 0.804. The predicted molar refractivity (Wildman–Crippen MR) is 55.2 cm³/mol. The number of hydrogen-bond donors (Lipinski definition) is 1. The van der Waals surface area contributed by atoms with Crippen LogP contribution >= 0.6 is 0 Å². The van der Waals surface area contributed by atoms with Crippen molar-refractivity contribution in [2.24, 2.45) is 5.73 Å². The lowest BCUT2D eigenvalue weighted by molar-refractivity contribution is -0.118. The molecular weight excluding hydrogens is 194 g/mol. The van der Waals surface area contributed by atoms with Crippen molar-refractivity contribution in [3.8, 4) is 0 Å². The molecule has 2 aromatic rings. The highest BCUT2D eigenvalue weighted by atomic mass is 16.2. The van der Waals surface area contributed by atoms with E-state index in [1.54, 1.807) is 24.5 Å². The first-order valence-electron chi connectivity index (χ1n) is 4.40. The average molecular weight is 203 g/mol. The van der Waals surface area contributed by atoms with Crippen LogP contribution < -0.4 is 11.3 Å². The fraction of sp³-hybridized carbons (Fsp3) is 0.100. The first kappa shape index (κ1) is 9.39. The summed E-state index contributed by atoms with van der Waals surface area (Å²) in [4.78, 5) is 26.2. The standard InChI is InChI=1S/C10H9N3O2/c11-9(14)6-13-8-3-4-12-5-7(8)1-2-10(13)15/h1-5H,6H2,(H2,11,14). The summed E-state index contributed by atoms with van der Waals surface area (Å²) in [6, 6.07) is 4.74. The molecule has 76 valence electrons. The molecule has 0 radical (unpaired) electrons. The van der Waals surface area contributed by atoms with Gasteiger partial charge in [0.2, 0.25) is 5.91 Å². The first-order valence-corrected chi connectivity index (χ1v) is 4.40. The van der Waals surface area contributed by atoms with Gasteiger partial charge in [-0.25, -0.2) is 0 Å². The van der Waals surface area contributed by atoms with Gasteiger partial charge in [-0.15, -0.1) is 0 Å². The molecule has 0 atom stereocenters. The van der Waals surface area contributed by atoms with Crippen LogP contribution in [0.1, 0.15) is 0 Å². The number of carbonyl (C=O) groups excluding carboxylic acids is 1. The van der Waals surface area contributed by atoms with E-state index in [2.05, 4.69) is 4.98 Å². The number of rotatable bonds is 2. The number of pyridine rings is 2. The number of primary amides is 1. The topological polar surface area (TPSA) is 78.0 Å². The van der Waals surface area contributed by atoms with Crippen molar-refractivity contribution >= 4 is 16.8 Å². The fourth-order valence-corrected chi connectivity index (χ4v) is 1.46. The van der Waals surface area contributed by atoms with E-state index in [0.29, 0.717) is 5.52 Å². The second-order valence-corrected chi connectivity index (χ2v) is 3.16. The molecule has 0 unspecified atom stereocenters. The van der Waals surface area contributed by atoms with E-state index in [4.69, 9.17) is 5.73 Å². The van der Waals surface area contributed by atoms with E-state index in [9.17, 15) is 9.59 Å². The number of aromatic nitrogens is 2. The molecular formula is C10H9N3O2. The maximum Gasteiger partial charge on any atom is 0.251 e. The number of amides is 1. The number of nitrogens with two attached hydrogens (primary N) is 1. The van der Waals surface area contributed by atoms with Crippen molar-refractivity contribution in [2.45, 2.75) is 6.54 Å². The third kappa shape index (κ3) is 1.71. The Kier molecular flexibility index (Phi) is 2.21. The summed E-state index contributed by atoms with van der Waals surface area (Å²) in [7, 11) is 0. The molecule has 2 rings (SSSR count). The second-order valence-electron chi connectivity index (χ2n) is 3.16. The van der Waals surface area contributed by atoms with Crippen molar-refractivity contribution in [2.75, 3.05) is 0 Å². The van der Waals surface area contributed by atoms with Crippen LogP contribution in [0.4, 0.5) is 0 Å². The van der Waals surface area contributed by atoms with E-state index >= 15 is 0 Å². The number of nitrogens with zero attached hydrogens (tertiary/aromatic N) is 2. The van der Waals surface area contributed by atoms with Gasteiger partial charge in [-0.1, -0.05) is 0 Å². The van der Waals surface area contributed by atoms with Gasteiger partial charge in [-0.2, -0.15) is 0 Å². The van der Waals surface area contributed by atoms with Gasteiger partial charge in [-0.05, 0) is 12.1 Å². The Bertz CT molecular complexity index is 574. The molecule has 0 aromatic carbocycles. The van der Waals surface area contributed by atoms with Crippen LogP contribution in [0.2, 0.25) is 0 Å². The second kappa shape index (κ2) is 3.53. The third-order valence-corrected chi connectivity index (χ3v) is 2.10. The van der Waals surface area contributed by atoms with Gasteiger partial charge in [0.1, 0.15) is 6.54 Å². The molecule has 0 aliphatic heterocycles. The quantitative estimate of drug-likeness (QED) is 0.739. The van der Waals surface area contributed by atoms with Gasteiger partial charge in [0.25, 0.3) is 5.56 Å². The molecule has 2 N–H and O–H groups in total. The van der Waals surface area contributed by atoms with Crippen molar-refractivity contribution in [3.63, 3.8) is 0 Å². The Morgan fingerprint density at radius 1 is 1.40 bits per heavy atom. The lowest BCUT2D eigenvalue weighted by atomic mass is 10.2.